The van der Waals surface area contributed by atoms with E-state index in [-0.39, 0.29) is 15.7 Å². The lowest BCUT2D eigenvalue weighted by atomic mass is 10.1. The molecule has 2 heterocycles. The molecule has 132 valence electrons. The second-order valence-electron chi connectivity index (χ2n) is 5.79. The fourth-order valence-electron chi connectivity index (χ4n) is 2.48. The largest absolute Gasteiger partial charge is 0.275 e. The van der Waals surface area contributed by atoms with Crippen LogP contribution in [0.25, 0.3) is 16.2 Å². The Kier molecular flexibility index (Phi) is 5.29. The van der Waals surface area contributed by atoms with Crippen molar-refractivity contribution >= 4 is 26.1 Å². The molecule has 0 atom stereocenters. The standard InChI is InChI=1S/C17H19N3O3S2/c1-2-3-4-8-11-25(22,23)17-19-20-15(21)12-14(18-16(20)24-17)13-9-6-5-7-10-13/h5-7,9-10,12H,2-4,8,11H2,1H3. The van der Waals surface area contributed by atoms with E-state index in [2.05, 4.69) is 17.0 Å². The van der Waals surface area contributed by atoms with Gasteiger partial charge in [-0.25, -0.2) is 13.4 Å². The minimum absolute atomic E-state index is 0.0428. The predicted octanol–water partition coefficient (Wildman–Crippen LogP) is 3.17. The smallest absolute Gasteiger partial charge is 0.267 e. The Hall–Kier alpha value is -2.06. The highest BCUT2D eigenvalue weighted by molar-refractivity contribution is 7.93. The Morgan fingerprint density at radius 1 is 1.12 bits per heavy atom. The Morgan fingerprint density at radius 3 is 2.60 bits per heavy atom. The Morgan fingerprint density at radius 2 is 1.88 bits per heavy atom. The summed E-state index contributed by atoms with van der Waals surface area (Å²) in [5.41, 5.74) is 0.938. The first kappa shape index (κ1) is 17.8. The summed E-state index contributed by atoms with van der Waals surface area (Å²) in [5, 5.41) is 3.99. The van der Waals surface area contributed by atoms with E-state index in [9.17, 15) is 13.2 Å². The lowest BCUT2D eigenvalue weighted by molar-refractivity contribution is 0.586. The first-order chi connectivity index (χ1) is 12.0. The van der Waals surface area contributed by atoms with Crippen molar-refractivity contribution in [1.29, 1.82) is 0 Å². The maximum absolute atomic E-state index is 12.4. The van der Waals surface area contributed by atoms with Crippen LogP contribution in [0, 0.1) is 0 Å². The SMILES string of the molecule is CCCCCCS(=O)(=O)c1nn2c(=O)cc(-c3ccccc3)nc2s1. The quantitative estimate of drug-likeness (QED) is 0.591. The third-order valence-electron chi connectivity index (χ3n) is 3.83. The summed E-state index contributed by atoms with van der Waals surface area (Å²) in [4.78, 5) is 17.0. The van der Waals surface area contributed by atoms with E-state index in [1.165, 1.54) is 6.07 Å². The van der Waals surface area contributed by atoms with Gasteiger partial charge in [-0.1, -0.05) is 67.9 Å². The first-order valence-corrected chi connectivity index (χ1v) is 10.7. The van der Waals surface area contributed by atoms with Crippen LogP contribution in [-0.2, 0) is 9.84 Å². The third kappa shape index (κ3) is 3.96. The van der Waals surface area contributed by atoms with Gasteiger partial charge < -0.3 is 0 Å². The zero-order valence-electron chi connectivity index (χ0n) is 13.9. The van der Waals surface area contributed by atoms with Crippen molar-refractivity contribution in [2.24, 2.45) is 0 Å². The molecule has 0 spiro atoms. The fraction of sp³-hybridized carbons (Fsp3) is 0.353. The minimum atomic E-state index is -3.49. The number of sulfone groups is 1. The molecule has 3 aromatic rings. The van der Waals surface area contributed by atoms with Crippen LogP contribution in [0.5, 0.6) is 0 Å². The molecule has 0 radical (unpaired) electrons. The molecule has 2 aromatic heterocycles. The highest BCUT2D eigenvalue weighted by Gasteiger charge is 2.21. The molecule has 0 N–H and O–H groups in total. The van der Waals surface area contributed by atoms with E-state index < -0.39 is 9.84 Å². The molecule has 8 heteroatoms. The van der Waals surface area contributed by atoms with Crippen LogP contribution >= 0.6 is 11.3 Å². The molecule has 0 fully saturated rings. The Balaban J connectivity index is 1.95. The van der Waals surface area contributed by atoms with Gasteiger partial charge in [-0.15, -0.1) is 5.10 Å². The first-order valence-electron chi connectivity index (χ1n) is 8.20. The second kappa shape index (κ2) is 7.45. The molecule has 0 saturated heterocycles. The molecule has 0 aliphatic carbocycles. The number of fused-ring (bicyclic) bond motifs is 1. The van der Waals surface area contributed by atoms with E-state index >= 15 is 0 Å². The van der Waals surface area contributed by atoms with Crippen LogP contribution in [0.3, 0.4) is 0 Å². The molecule has 0 aliphatic heterocycles. The topological polar surface area (TPSA) is 81.4 Å². The molecule has 6 nitrogen and oxygen atoms in total. The average Bonchev–Trinajstić information content (AvgIpc) is 3.05. The lowest BCUT2D eigenvalue weighted by Gasteiger charge is -1.99. The number of benzene rings is 1. The van der Waals surface area contributed by atoms with Gasteiger partial charge in [-0.3, -0.25) is 4.79 Å². The van der Waals surface area contributed by atoms with Gasteiger partial charge in [0.15, 0.2) is 0 Å². The minimum Gasteiger partial charge on any atom is -0.267 e. The van der Waals surface area contributed by atoms with Crippen molar-refractivity contribution in [3.63, 3.8) is 0 Å². The summed E-state index contributed by atoms with van der Waals surface area (Å²) in [5.74, 6) is 0.0487. The number of rotatable bonds is 7. The van der Waals surface area contributed by atoms with Crippen molar-refractivity contribution in [1.82, 2.24) is 14.6 Å². The summed E-state index contributed by atoms with van der Waals surface area (Å²) >= 11 is 0.944. The van der Waals surface area contributed by atoms with Crippen LogP contribution in [0.15, 0.2) is 45.5 Å². The van der Waals surface area contributed by atoms with E-state index in [0.29, 0.717) is 17.1 Å². The van der Waals surface area contributed by atoms with Gasteiger partial charge in [0.25, 0.3) is 5.56 Å². The number of hydrogen-bond donors (Lipinski definition) is 0. The number of hydrogen-bond acceptors (Lipinski definition) is 6. The van der Waals surface area contributed by atoms with Gasteiger partial charge in [0.1, 0.15) is 0 Å². The number of unbranched alkanes of at least 4 members (excludes halogenated alkanes) is 3. The third-order valence-corrected chi connectivity index (χ3v) is 6.98. The molecule has 25 heavy (non-hydrogen) atoms. The maximum atomic E-state index is 12.4. The summed E-state index contributed by atoms with van der Waals surface area (Å²) in [6, 6.07) is 10.7. The molecule has 3 rings (SSSR count). The Bertz CT molecular complexity index is 1020. The molecule has 0 unspecified atom stereocenters. The summed E-state index contributed by atoms with van der Waals surface area (Å²) in [6.45, 7) is 2.07. The van der Waals surface area contributed by atoms with Crippen molar-refractivity contribution in [3.05, 3.63) is 46.8 Å². The molecule has 0 amide bonds. The number of nitrogens with zero attached hydrogens (tertiary/aromatic N) is 3. The fourth-order valence-corrected chi connectivity index (χ4v) is 5.07. The zero-order chi connectivity index (χ0) is 17.9. The van der Waals surface area contributed by atoms with E-state index in [1.807, 2.05) is 30.3 Å². The molecule has 0 aliphatic rings. The monoisotopic (exact) mass is 377 g/mol. The van der Waals surface area contributed by atoms with Crippen LogP contribution < -0.4 is 5.56 Å². The number of aromatic nitrogens is 3. The van der Waals surface area contributed by atoms with Crippen LogP contribution in [0.2, 0.25) is 0 Å². The van der Waals surface area contributed by atoms with Crippen molar-refractivity contribution in [2.45, 2.75) is 36.9 Å². The Labute approximate surface area is 150 Å². The van der Waals surface area contributed by atoms with Crippen LogP contribution in [0.4, 0.5) is 0 Å². The van der Waals surface area contributed by atoms with Crippen molar-refractivity contribution < 1.29 is 8.42 Å². The second-order valence-corrected chi connectivity index (χ2v) is 9.03. The van der Waals surface area contributed by atoms with Gasteiger partial charge >= 0.3 is 0 Å². The van der Waals surface area contributed by atoms with Crippen LogP contribution in [-0.4, -0.2) is 28.8 Å². The molecule has 0 saturated carbocycles. The van der Waals surface area contributed by atoms with Gasteiger partial charge in [-0.05, 0) is 6.42 Å². The van der Waals surface area contributed by atoms with E-state index in [4.69, 9.17) is 0 Å². The maximum Gasteiger partial charge on any atom is 0.275 e. The summed E-state index contributed by atoms with van der Waals surface area (Å²) in [7, 11) is -3.49. The summed E-state index contributed by atoms with van der Waals surface area (Å²) < 4.78 is 25.9. The molecular weight excluding hydrogens is 358 g/mol. The van der Waals surface area contributed by atoms with Crippen LogP contribution in [0.1, 0.15) is 32.6 Å². The van der Waals surface area contributed by atoms with E-state index in [0.717, 1.165) is 40.7 Å². The molecule has 1 aromatic carbocycles. The molecule has 0 bridgehead atoms. The highest BCUT2D eigenvalue weighted by Crippen LogP contribution is 2.22. The molecular formula is C17H19N3O3S2. The summed E-state index contributed by atoms with van der Waals surface area (Å²) in [6.07, 6.45) is 3.53. The zero-order valence-corrected chi connectivity index (χ0v) is 15.5. The van der Waals surface area contributed by atoms with Gasteiger partial charge in [-0.2, -0.15) is 4.52 Å². The van der Waals surface area contributed by atoms with Crippen molar-refractivity contribution in [2.75, 3.05) is 5.75 Å². The average molecular weight is 377 g/mol. The van der Waals surface area contributed by atoms with Gasteiger partial charge in [0.2, 0.25) is 19.1 Å². The lowest BCUT2D eigenvalue weighted by Crippen LogP contribution is -2.15. The normalized spacial score (nSPS) is 11.9. The van der Waals surface area contributed by atoms with Gasteiger partial charge in [0.05, 0.1) is 11.4 Å². The van der Waals surface area contributed by atoms with Gasteiger partial charge in [0, 0.05) is 11.6 Å². The highest BCUT2D eigenvalue weighted by atomic mass is 32.2. The predicted molar refractivity (Wildman–Crippen MR) is 98.8 cm³/mol. The van der Waals surface area contributed by atoms with Crippen molar-refractivity contribution in [3.8, 4) is 11.3 Å². The van der Waals surface area contributed by atoms with E-state index in [1.54, 1.807) is 0 Å².